The molecular formula is C15H22N4O4S2. The number of benzene rings is 1. The molecule has 0 spiro atoms. The minimum atomic E-state index is -0.458. The Labute approximate surface area is 156 Å². The standard InChI is InChI=1S/C15H22N4O4S2/c1-11(25-13-7-5-12(6-8-13)19(21)22)14(20)17-18(2)15(24)16-9-4-10-23-3/h5-8,11H,4,9-10H2,1-3H3,(H,16,24)(H,17,20)/t11-/m1/s1. The van der Waals surface area contributed by atoms with E-state index in [4.69, 9.17) is 17.0 Å². The monoisotopic (exact) mass is 386 g/mol. The van der Waals surface area contributed by atoms with Crippen LogP contribution in [-0.2, 0) is 9.53 Å². The maximum atomic E-state index is 12.2. The van der Waals surface area contributed by atoms with Crippen LogP contribution in [0.5, 0.6) is 0 Å². The first kappa shape index (κ1) is 21.1. The number of thioether (sulfide) groups is 1. The van der Waals surface area contributed by atoms with Gasteiger partial charge in [-0.1, -0.05) is 0 Å². The lowest BCUT2D eigenvalue weighted by molar-refractivity contribution is -0.384. The fourth-order valence-electron chi connectivity index (χ4n) is 1.74. The molecule has 0 bridgehead atoms. The van der Waals surface area contributed by atoms with Crippen LogP contribution in [0.1, 0.15) is 13.3 Å². The summed E-state index contributed by atoms with van der Waals surface area (Å²) in [7, 11) is 3.29. The van der Waals surface area contributed by atoms with Gasteiger partial charge in [0.2, 0.25) is 0 Å². The van der Waals surface area contributed by atoms with E-state index in [1.54, 1.807) is 33.2 Å². The predicted molar refractivity (Wildman–Crippen MR) is 101 cm³/mol. The number of nitro benzene ring substituents is 1. The van der Waals surface area contributed by atoms with Crippen LogP contribution in [0.4, 0.5) is 5.69 Å². The first-order valence-electron chi connectivity index (χ1n) is 7.57. The molecule has 1 atom stereocenters. The number of hydrogen-bond acceptors (Lipinski definition) is 6. The average molecular weight is 386 g/mol. The minimum Gasteiger partial charge on any atom is -0.385 e. The molecule has 0 unspecified atom stereocenters. The molecule has 0 saturated carbocycles. The molecule has 1 aromatic rings. The Hall–Kier alpha value is -1.91. The second-order valence-electron chi connectivity index (χ2n) is 5.12. The predicted octanol–water partition coefficient (Wildman–Crippen LogP) is 1.95. The molecule has 0 radical (unpaired) electrons. The largest absolute Gasteiger partial charge is 0.385 e. The van der Waals surface area contributed by atoms with Crippen molar-refractivity contribution in [3.05, 3.63) is 34.4 Å². The number of nitrogens with one attached hydrogen (secondary N) is 2. The highest BCUT2D eigenvalue weighted by Crippen LogP contribution is 2.25. The Morgan fingerprint density at radius 2 is 2.08 bits per heavy atom. The third kappa shape index (κ3) is 7.67. The van der Waals surface area contributed by atoms with E-state index < -0.39 is 4.92 Å². The molecule has 1 rings (SSSR count). The molecule has 25 heavy (non-hydrogen) atoms. The highest BCUT2D eigenvalue weighted by atomic mass is 32.2. The maximum absolute atomic E-state index is 12.2. The molecule has 0 aliphatic carbocycles. The molecular weight excluding hydrogens is 364 g/mol. The van der Waals surface area contributed by atoms with Gasteiger partial charge in [0.1, 0.15) is 0 Å². The normalized spacial score (nSPS) is 11.5. The molecule has 0 aliphatic heterocycles. The number of nitro groups is 1. The van der Waals surface area contributed by atoms with Crippen LogP contribution in [-0.4, -0.2) is 53.5 Å². The zero-order valence-electron chi connectivity index (χ0n) is 14.4. The third-order valence-electron chi connectivity index (χ3n) is 3.11. The van der Waals surface area contributed by atoms with Gasteiger partial charge in [0.15, 0.2) is 5.11 Å². The SMILES string of the molecule is COCCCNC(=S)N(C)NC(=O)[C@@H](C)Sc1ccc([N+](=O)[O-])cc1. The number of carbonyl (C=O) groups excluding carboxylic acids is 1. The summed E-state index contributed by atoms with van der Waals surface area (Å²) in [6, 6.07) is 6.08. The van der Waals surface area contributed by atoms with Crippen molar-refractivity contribution in [1.82, 2.24) is 15.8 Å². The Balaban J connectivity index is 2.44. The van der Waals surface area contributed by atoms with Gasteiger partial charge in [-0.15, -0.1) is 11.8 Å². The quantitative estimate of drug-likeness (QED) is 0.230. The van der Waals surface area contributed by atoms with Gasteiger partial charge < -0.3 is 10.1 Å². The molecule has 0 heterocycles. The summed E-state index contributed by atoms with van der Waals surface area (Å²) in [6.07, 6.45) is 0.810. The van der Waals surface area contributed by atoms with E-state index in [9.17, 15) is 14.9 Å². The van der Waals surface area contributed by atoms with E-state index >= 15 is 0 Å². The van der Waals surface area contributed by atoms with Gasteiger partial charge >= 0.3 is 0 Å². The summed E-state index contributed by atoms with van der Waals surface area (Å²) in [5.74, 6) is -0.216. The number of rotatable bonds is 8. The summed E-state index contributed by atoms with van der Waals surface area (Å²) in [4.78, 5) is 23.2. The van der Waals surface area contributed by atoms with Crippen LogP contribution in [0.15, 0.2) is 29.2 Å². The molecule has 0 fully saturated rings. The van der Waals surface area contributed by atoms with Crippen LogP contribution in [0.25, 0.3) is 0 Å². The van der Waals surface area contributed by atoms with E-state index in [1.165, 1.54) is 28.9 Å². The van der Waals surface area contributed by atoms with Crippen LogP contribution >= 0.6 is 24.0 Å². The highest BCUT2D eigenvalue weighted by molar-refractivity contribution is 8.00. The zero-order valence-corrected chi connectivity index (χ0v) is 16.0. The van der Waals surface area contributed by atoms with Gasteiger partial charge in [-0.05, 0) is 37.7 Å². The number of nitrogens with zero attached hydrogens (tertiary/aromatic N) is 2. The van der Waals surface area contributed by atoms with Gasteiger partial charge in [-0.3, -0.25) is 25.3 Å². The Morgan fingerprint density at radius 1 is 1.44 bits per heavy atom. The van der Waals surface area contributed by atoms with Gasteiger partial charge in [0, 0.05) is 44.3 Å². The van der Waals surface area contributed by atoms with Crippen LogP contribution in [0.2, 0.25) is 0 Å². The first-order chi connectivity index (χ1) is 11.8. The van der Waals surface area contributed by atoms with E-state index in [2.05, 4.69) is 10.7 Å². The van der Waals surface area contributed by atoms with Crippen molar-refractivity contribution in [3.8, 4) is 0 Å². The van der Waals surface area contributed by atoms with Crippen LogP contribution < -0.4 is 10.7 Å². The molecule has 1 aromatic carbocycles. The van der Waals surface area contributed by atoms with E-state index in [1.807, 2.05) is 0 Å². The molecule has 8 nitrogen and oxygen atoms in total. The summed E-state index contributed by atoms with van der Waals surface area (Å²) < 4.78 is 4.95. The van der Waals surface area contributed by atoms with Gasteiger partial charge in [0.25, 0.3) is 11.6 Å². The topological polar surface area (TPSA) is 96.7 Å². The van der Waals surface area contributed by atoms with Crippen molar-refractivity contribution in [3.63, 3.8) is 0 Å². The molecule has 0 saturated heterocycles. The molecule has 138 valence electrons. The van der Waals surface area contributed by atoms with E-state index in [0.717, 1.165) is 11.3 Å². The van der Waals surface area contributed by atoms with Crippen molar-refractivity contribution in [2.24, 2.45) is 0 Å². The number of methoxy groups -OCH3 is 1. The van der Waals surface area contributed by atoms with E-state index in [-0.39, 0.29) is 16.8 Å². The van der Waals surface area contributed by atoms with Crippen LogP contribution in [0.3, 0.4) is 0 Å². The number of ether oxygens (including phenoxy) is 1. The first-order valence-corrected chi connectivity index (χ1v) is 8.86. The Morgan fingerprint density at radius 3 is 2.64 bits per heavy atom. The number of non-ortho nitro benzene ring substituents is 1. The molecule has 0 aromatic heterocycles. The number of carbonyl (C=O) groups is 1. The van der Waals surface area contributed by atoms with Crippen molar-refractivity contribution in [1.29, 1.82) is 0 Å². The van der Waals surface area contributed by atoms with Gasteiger partial charge in [-0.2, -0.15) is 0 Å². The number of amides is 1. The molecule has 1 amide bonds. The fourth-order valence-corrected chi connectivity index (χ4v) is 2.75. The molecule has 2 N–H and O–H groups in total. The minimum absolute atomic E-state index is 0.0195. The Kier molecular flexibility index (Phi) is 9.17. The number of hydrazine groups is 1. The highest BCUT2D eigenvalue weighted by Gasteiger charge is 2.17. The van der Waals surface area contributed by atoms with Crippen LogP contribution in [0, 0.1) is 10.1 Å². The fraction of sp³-hybridized carbons (Fsp3) is 0.467. The third-order valence-corrected chi connectivity index (χ3v) is 4.64. The maximum Gasteiger partial charge on any atom is 0.269 e. The summed E-state index contributed by atoms with van der Waals surface area (Å²) >= 11 is 6.50. The van der Waals surface area contributed by atoms with Crippen molar-refractivity contribution < 1.29 is 14.5 Å². The number of hydrogen-bond donors (Lipinski definition) is 2. The van der Waals surface area contributed by atoms with Gasteiger partial charge in [-0.25, -0.2) is 0 Å². The van der Waals surface area contributed by atoms with Crippen molar-refractivity contribution in [2.45, 2.75) is 23.5 Å². The second kappa shape index (κ2) is 10.9. The lowest BCUT2D eigenvalue weighted by Gasteiger charge is -2.23. The van der Waals surface area contributed by atoms with Crippen molar-refractivity contribution in [2.75, 3.05) is 27.3 Å². The lowest BCUT2D eigenvalue weighted by atomic mass is 10.3. The zero-order chi connectivity index (χ0) is 18.8. The van der Waals surface area contributed by atoms with Gasteiger partial charge in [0.05, 0.1) is 10.2 Å². The van der Waals surface area contributed by atoms with Crippen molar-refractivity contribution >= 4 is 40.7 Å². The number of thiocarbonyl (C=S) groups is 1. The lowest BCUT2D eigenvalue weighted by Crippen LogP contribution is -2.50. The Bertz CT molecular complexity index is 598. The molecule has 0 aliphatic rings. The van der Waals surface area contributed by atoms with E-state index in [0.29, 0.717) is 18.3 Å². The molecule has 10 heteroatoms. The summed E-state index contributed by atoms with van der Waals surface area (Å²) in [6.45, 7) is 3.04. The second-order valence-corrected chi connectivity index (χ2v) is 6.93. The smallest absolute Gasteiger partial charge is 0.269 e. The summed E-state index contributed by atoms with van der Waals surface area (Å²) in [5.41, 5.74) is 2.72. The summed E-state index contributed by atoms with van der Waals surface area (Å²) in [5, 5.41) is 15.1. The average Bonchev–Trinajstić information content (AvgIpc) is 2.58.